The van der Waals surface area contributed by atoms with Crippen LogP contribution in [-0.2, 0) is 0 Å². The summed E-state index contributed by atoms with van der Waals surface area (Å²) >= 11 is 4.09. The predicted molar refractivity (Wildman–Crippen MR) is 38.5 cm³/mol. The Labute approximate surface area is 71.4 Å². The zero-order valence-corrected chi connectivity index (χ0v) is 4.38. The van der Waals surface area contributed by atoms with Crippen molar-refractivity contribution in [2.24, 2.45) is 11.5 Å². The van der Waals surface area contributed by atoms with Crippen LogP contribution in [0.5, 0.6) is 0 Å². The van der Waals surface area contributed by atoms with Crippen molar-refractivity contribution < 1.29 is 0 Å². The third-order valence-corrected chi connectivity index (χ3v) is 0. The molecule has 0 unspecified atom stereocenters. The second-order valence-electron chi connectivity index (χ2n) is 0.402. The van der Waals surface area contributed by atoms with Crippen molar-refractivity contribution >= 4 is 60.4 Å². The van der Waals surface area contributed by atoms with Gasteiger partial charge >= 0.3 is 29.6 Å². The van der Waals surface area contributed by atoms with Crippen LogP contribution in [0, 0.1) is 0 Å². The molecule has 0 saturated heterocycles. The van der Waals surface area contributed by atoms with Gasteiger partial charge in [0.15, 0.2) is 5.11 Å². The van der Waals surface area contributed by atoms with Gasteiger partial charge in [-0.05, 0) is 12.2 Å². The number of thiocarbonyl (C=S) groups is 1. The molecule has 0 radical (unpaired) electrons. The van der Waals surface area contributed by atoms with E-state index in [0.717, 1.165) is 0 Å². The van der Waals surface area contributed by atoms with Crippen molar-refractivity contribution in [3.63, 3.8) is 0 Å². The fourth-order valence-corrected chi connectivity index (χ4v) is 0. The first-order valence-corrected chi connectivity index (χ1v) is 1.19. The zero-order chi connectivity index (χ0) is 3.58. The molecule has 0 aliphatic heterocycles. The molecule has 4 N–H and O–H groups in total. The van der Waals surface area contributed by atoms with Gasteiger partial charge in [-0.1, -0.05) is 0 Å². The van der Waals surface area contributed by atoms with Gasteiger partial charge < -0.3 is 11.5 Å². The molecule has 0 aliphatic rings. The van der Waals surface area contributed by atoms with Crippen molar-refractivity contribution in [1.82, 2.24) is 0 Å². The maximum atomic E-state index is 4.62. The predicted octanol–water partition coefficient (Wildman–Crippen LogP) is -1.35. The molecule has 34 valence electrons. The van der Waals surface area contributed by atoms with Crippen molar-refractivity contribution in [2.45, 2.75) is 0 Å². The Hall–Kier alpha value is 1.04. The summed E-state index contributed by atoms with van der Waals surface area (Å²) in [5.41, 5.74) is 9.24. The van der Waals surface area contributed by atoms with Gasteiger partial charge in [0.2, 0.25) is 0 Å². The number of nitrogens with two attached hydrogens (primary N) is 2. The topological polar surface area (TPSA) is 52.0 Å². The molecule has 0 bridgehead atoms. The monoisotopic (exact) mass is 134 g/mol. The van der Waals surface area contributed by atoms with Gasteiger partial charge in [-0.15, -0.1) is 0 Å². The molecular formula is CH7N2NaS2. The quantitative estimate of drug-likeness (QED) is 0.318. The molecule has 0 aromatic rings. The standard InChI is InChI=1S/CH4N2S.Na.H2S.H/c2-1(3)4;;;/h(H4,2,3,4);;1H2;. The van der Waals surface area contributed by atoms with E-state index in [-0.39, 0.29) is 48.2 Å². The number of hydrogen-bond acceptors (Lipinski definition) is 1. The molecule has 0 amide bonds. The third kappa shape index (κ3) is 76.1. The second kappa shape index (κ2) is 9.40. The Balaban J connectivity index is -0.0000000450. The maximum absolute atomic E-state index is 4.62. The van der Waals surface area contributed by atoms with Crippen molar-refractivity contribution in [1.29, 1.82) is 0 Å². The Morgan fingerprint density at radius 1 is 1.33 bits per heavy atom. The van der Waals surface area contributed by atoms with Crippen molar-refractivity contribution in [3.8, 4) is 0 Å². The fourth-order valence-electron chi connectivity index (χ4n) is 0. The molecule has 0 rings (SSSR count). The molecule has 2 nitrogen and oxygen atoms in total. The summed E-state index contributed by atoms with van der Waals surface area (Å²) in [5, 5.41) is 0.000000000000000222. The van der Waals surface area contributed by atoms with Crippen molar-refractivity contribution in [3.05, 3.63) is 0 Å². The van der Waals surface area contributed by atoms with E-state index in [1.54, 1.807) is 0 Å². The Morgan fingerprint density at radius 2 is 1.33 bits per heavy atom. The molecular weight excluding hydrogens is 127 g/mol. The van der Waals surface area contributed by atoms with Crippen LogP contribution in [0.15, 0.2) is 0 Å². The van der Waals surface area contributed by atoms with E-state index in [0.29, 0.717) is 0 Å². The molecule has 0 atom stereocenters. The average Bonchev–Trinajstić information content (AvgIpc) is 0.811. The first-order chi connectivity index (χ1) is 1.73. The van der Waals surface area contributed by atoms with E-state index in [1.165, 1.54) is 0 Å². The summed E-state index contributed by atoms with van der Waals surface area (Å²) in [6.45, 7) is 0. The van der Waals surface area contributed by atoms with Gasteiger partial charge in [0, 0.05) is 0 Å². The molecule has 0 spiro atoms. The third-order valence-electron chi connectivity index (χ3n) is 0. The first-order valence-electron chi connectivity index (χ1n) is 0.781. The van der Waals surface area contributed by atoms with Gasteiger partial charge in [-0.3, -0.25) is 0 Å². The van der Waals surface area contributed by atoms with Gasteiger partial charge in [0.05, 0.1) is 0 Å². The van der Waals surface area contributed by atoms with E-state index in [9.17, 15) is 0 Å². The molecule has 5 heteroatoms. The van der Waals surface area contributed by atoms with Gasteiger partial charge in [0.1, 0.15) is 0 Å². The average molecular weight is 134 g/mol. The van der Waals surface area contributed by atoms with E-state index < -0.39 is 0 Å². The zero-order valence-electron chi connectivity index (χ0n) is 2.56. The molecule has 0 fully saturated rings. The van der Waals surface area contributed by atoms with Crippen LogP contribution in [0.25, 0.3) is 0 Å². The molecule has 0 aromatic carbocycles. The van der Waals surface area contributed by atoms with Crippen LogP contribution in [0.3, 0.4) is 0 Å². The first kappa shape index (κ1) is 15.7. The van der Waals surface area contributed by atoms with Crippen molar-refractivity contribution in [2.75, 3.05) is 0 Å². The normalized spacial score (nSPS) is 4.00. The van der Waals surface area contributed by atoms with E-state index in [1.807, 2.05) is 0 Å². The van der Waals surface area contributed by atoms with Crippen LogP contribution in [0.1, 0.15) is 0 Å². The molecule has 0 aromatic heterocycles. The van der Waals surface area contributed by atoms with E-state index in [4.69, 9.17) is 0 Å². The fraction of sp³-hybridized carbons (Fsp3) is 0. The van der Waals surface area contributed by atoms with Gasteiger partial charge in [-0.25, -0.2) is 0 Å². The van der Waals surface area contributed by atoms with Crippen LogP contribution >= 0.6 is 25.7 Å². The number of rotatable bonds is 0. The summed E-state index contributed by atoms with van der Waals surface area (Å²) in [5.74, 6) is 0. The SMILES string of the molecule is NC(N)=S.S.[NaH]. The molecule has 0 heterocycles. The summed E-state index contributed by atoms with van der Waals surface area (Å²) in [6.07, 6.45) is 0. The van der Waals surface area contributed by atoms with Crippen LogP contribution < -0.4 is 11.5 Å². The minimum atomic E-state index is 0. The van der Waals surface area contributed by atoms with Crippen LogP contribution in [0.2, 0.25) is 0 Å². The van der Waals surface area contributed by atoms with E-state index in [2.05, 4.69) is 23.7 Å². The Bertz CT molecular complexity index is 34.5. The summed E-state index contributed by atoms with van der Waals surface area (Å²) in [7, 11) is 0. The molecule has 6 heavy (non-hydrogen) atoms. The van der Waals surface area contributed by atoms with Crippen LogP contribution in [-0.4, -0.2) is 34.7 Å². The van der Waals surface area contributed by atoms with Gasteiger partial charge in [-0.2, -0.15) is 13.5 Å². The van der Waals surface area contributed by atoms with E-state index >= 15 is 0 Å². The second-order valence-corrected chi connectivity index (χ2v) is 0.874. The summed E-state index contributed by atoms with van der Waals surface area (Å²) < 4.78 is 0. The summed E-state index contributed by atoms with van der Waals surface area (Å²) in [6, 6.07) is 0. The minimum absolute atomic E-state index is 0. The molecule has 0 saturated carbocycles. The number of hydrogen-bond donors (Lipinski definition) is 2. The Morgan fingerprint density at radius 3 is 1.33 bits per heavy atom. The Kier molecular flexibility index (Phi) is 24.7. The molecule has 0 aliphatic carbocycles. The van der Waals surface area contributed by atoms with Crippen LogP contribution in [0.4, 0.5) is 0 Å². The summed E-state index contributed by atoms with van der Waals surface area (Å²) in [4.78, 5) is 0. The van der Waals surface area contributed by atoms with Gasteiger partial charge in [0.25, 0.3) is 0 Å².